The maximum atomic E-state index is 13.1. The van der Waals surface area contributed by atoms with Gasteiger partial charge in [-0.1, -0.05) is 29.4 Å². The van der Waals surface area contributed by atoms with Crippen LogP contribution in [0.1, 0.15) is 53.8 Å². The molecule has 1 unspecified atom stereocenters. The molecule has 0 spiro atoms. The number of fused-ring (bicyclic) bond motifs is 1. The summed E-state index contributed by atoms with van der Waals surface area (Å²) in [5.74, 6) is 1.91. The monoisotopic (exact) mass is 392 g/mol. The summed E-state index contributed by atoms with van der Waals surface area (Å²) in [6.45, 7) is 1.85. The van der Waals surface area contributed by atoms with Gasteiger partial charge in [-0.2, -0.15) is 4.98 Å². The number of carbonyl (C=O) groups is 1. The van der Waals surface area contributed by atoms with E-state index < -0.39 is 0 Å². The SMILES string of the molecule is O=C(c1nccc2ccccc12)N1CCCC(OCCc2noc(C3CC3)n2)C1. The number of hydrogen-bond donors (Lipinski definition) is 0. The Labute approximate surface area is 169 Å². The van der Waals surface area contributed by atoms with Gasteiger partial charge in [0.15, 0.2) is 5.82 Å². The maximum Gasteiger partial charge on any atom is 0.273 e. The van der Waals surface area contributed by atoms with E-state index >= 15 is 0 Å². The van der Waals surface area contributed by atoms with Gasteiger partial charge in [0.2, 0.25) is 5.89 Å². The molecular formula is C22H24N4O3. The predicted molar refractivity (Wildman–Crippen MR) is 107 cm³/mol. The number of aromatic nitrogens is 3. The molecule has 5 rings (SSSR count). The van der Waals surface area contributed by atoms with Crippen molar-refractivity contribution in [2.24, 2.45) is 0 Å². The van der Waals surface area contributed by atoms with Crippen molar-refractivity contribution in [1.82, 2.24) is 20.0 Å². The number of likely N-dealkylation sites (tertiary alicyclic amines) is 1. The molecule has 7 nitrogen and oxygen atoms in total. The maximum absolute atomic E-state index is 13.1. The first-order valence-corrected chi connectivity index (χ1v) is 10.3. The van der Waals surface area contributed by atoms with E-state index in [0.717, 1.165) is 48.9 Å². The molecule has 150 valence electrons. The molecule has 2 aliphatic rings. The highest BCUT2D eigenvalue weighted by Crippen LogP contribution is 2.38. The first-order valence-electron chi connectivity index (χ1n) is 10.3. The highest BCUT2D eigenvalue weighted by atomic mass is 16.5. The predicted octanol–water partition coefficient (Wildman–Crippen LogP) is 3.36. The lowest BCUT2D eigenvalue weighted by Gasteiger charge is -2.32. The molecule has 0 radical (unpaired) electrons. The number of benzene rings is 1. The van der Waals surface area contributed by atoms with E-state index in [4.69, 9.17) is 9.26 Å². The van der Waals surface area contributed by atoms with Crippen molar-refractivity contribution in [3.05, 3.63) is 53.9 Å². The number of carbonyl (C=O) groups excluding carboxylic acids is 1. The van der Waals surface area contributed by atoms with Crippen LogP contribution < -0.4 is 0 Å². The molecule has 1 saturated carbocycles. The molecule has 1 amide bonds. The molecule has 1 aromatic carbocycles. The fourth-order valence-electron chi connectivity index (χ4n) is 3.88. The van der Waals surface area contributed by atoms with Crippen LogP contribution in [0.3, 0.4) is 0 Å². The number of pyridine rings is 1. The van der Waals surface area contributed by atoms with Crippen molar-refractivity contribution in [2.75, 3.05) is 19.7 Å². The molecule has 3 aromatic rings. The average Bonchev–Trinajstić information content (AvgIpc) is 3.51. The van der Waals surface area contributed by atoms with Gasteiger partial charge in [-0.05, 0) is 37.1 Å². The number of ether oxygens (including phenoxy) is 1. The molecule has 29 heavy (non-hydrogen) atoms. The Kier molecular flexibility index (Phi) is 4.97. The zero-order chi connectivity index (χ0) is 19.6. The van der Waals surface area contributed by atoms with Crippen LogP contribution in [0.15, 0.2) is 41.1 Å². The Morgan fingerprint density at radius 1 is 1.21 bits per heavy atom. The van der Waals surface area contributed by atoms with Crippen LogP contribution in [0.2, 0.25) is 0 Å². The quantitative estimate of drug-likeness (QED) is 0.640. The smallest absolute Gasteiger partial charge is 0.273 e. The summed E-state index contributed by atoms with van der Waals surface area (Å²) in [6.07, 6.45) is 6.53. The topological polar surface area (TPSA) is 81.4 Å². The highest BCUT2D eigenvalue weighted by molar-refractivity contribution is 6.05. The molecule has 7 heteroatoms. The molecule has 1 aliphatic carbocycles. The van der Waals surface area contributed by atoms with Gasteiger partial charge in [0.1, 0.15) is 5.69 Å². The van der Waals surface area contributed by atoms with Crippen molar-refractivity contribution in [2.45, 2.75) is 44.1 Å². The molecule has 2 aromatic heterocycles. The van der Waals surface area contributed by atoms with E-state index in [1.807, 2.05) is 35.2 Å². The third kappa shape index (κ3) is 4.00. The lowest BCUT2D eigenvalue weighted by Crippen LogP contribution is -2.43. The van der Waals surface area contributed by atoms with Crippen LogP contribution >= 0.6 is 0 Å². The largest absolute Gasteiger partial charge is 0.376 e. The molecule has 1 aliphatic heterocycles. The van der Waals surface area contributed by atoms with E-state index in [9.17, 15) is 4.79 Å². The van der Waals surface area contributed by atoms with E-state index in [0.29, 0.717) is 37.0 Å². The summed E-state index contributed by atoms with van der Waals surface area (Å²) in [7, 11) is 0. The summed E-state index contributed by atoms with van der Waals surface area (Å²) in [5.41, 5.74) is 0.517. The number of amides is 1. The minimum absolute atomic E-state index is 0.0254. The van der Waals surface area contributed by atoms with E-state index in [2.05, 4.69) is 15.1 Å². The Bertz CT molecular complexity index is 1010. The highest BCUT2D eigenvalue weighted by Gasteiger charge is 2.30. The number of rotatable bonds is 6. The zero-order valence-corrected chi connectivity index (χ0v) is 16.3. The summed E-state index contributed by atoms with van der Waals surface area (Å²) >= 11 is 0. The second-order valence-electron chi connectivity index (χ2n) is 7.84. The molecule has 1 atom stereocenters. The normalized spacial score (nSPS) is 19.6. The third-order valence-electron chi connectivity index (χ3n) is 5.63. The van der Waals surface area contributed by atoms with Crippen molar-refractivity contribution in [3.8, 4) is 0 Å². The number of nitrogens with zero attached hydrogens (tertiary/aromatic N) is 4. The first-order chi connectivity index (χ1) is 14.3. The van der Waals surface area contributed by atoms with Crippen molar-refractivity contribution in [3.63, 3.8) is 0 Å². The van der Waals surface area contributed by atoms with Gasteiger partial charge in [0.25, 0.3) is 5.91 Å². The summed E-state index contributed by atoms with van der Waals surface area (Å²) in [4.78, 5) is 23.8. The molecule has 0 N–H and O–H groups in total. The van der Waals surface area contributed by atoms with Crippen LogP contribution in [0, 0.1) is 0 Å². The van der Waals surface area contributed by atoms with E-state index in [1.54, 1.807) is 6.20 Å². The third-order valence-corrected chi connectivity index (χ3v) is 5.63. The number of hydrogen-bond acceptors (Lipinski definition) is 6. The van der Waals surface area contributed by atoms with Gasteiger partial charge in [-0.25, -0.2) is 0 Å². The Balaban J connectivity index is 1.19. The minimum atomic E-state index is -0.0256. The second kappa shape index (κ2) is 7.91. The van der Waals surface area contributed by atoms with Crippen molar-refractivity contribution >= 4 is 16.7 Å². The van der Waals surface area contributed by atoms with Crippen molar-refractivity contribution in [1.29, 1.82) is 0 Å². The van der Waals surface area contributed by atoms with Crippen LogP contribution in [-0.2, 0) is 11.2 Å². The second-order valence-corrected chi connectivity index (χ2v) is 7.84. The standard InChI is InChI=1S/C22H24N4O3/c27-22(20-18-6-2-1-4-15(18)9-11-23-20)26-12-3-5-17(14-26)28-13-10-19-24-21(29-25-19)16-7-8-16/h1-2,4,6,9,11,16-17H,3,5,7-8,10,12-14H2. The molecule has 1 saturated heterocycles. The first kappa shape index (κ1) is 18.2. The van der Waals surface area contributed by atoms with Gasteiger partial charge < -0.3 is 14.2 Å². The number of piperidine rings is 1. The summed E-state index contributed by atoms with van der Waals surface area (Å²) in [5, 5.41) is 5.96. The van der Waals surface area contributed by atoms with Gasteiger partial charge in [0.05, 0.1) is 12.7 Å². The van der Waals surface area contributed by atoms with E-state index in [1.165, 1.54) is 0 Å². The average molecular weight is 392 g/mol. The van der Waals surface area contributed by atoms with Gasteiger partial charge in [-0.15, -0.1) is 0 Å². The van der Waals surface area contributed by atoms with Crippen LogP contribution in [0.4, 0.5) is 0 Å². The molecule has 0 bridgehead atoms. The minimum Gasteiger partial charge on any atom is -0.376 e. The Morgan fingerprint density at radius 2 is 2.10 bits per heavy atom. The van der Waals surface area contributed by atoms with Crippen LogP contribution in [0.5, 0.6) is 0 Å². The van der Waals surface area contributed by atoms with E-state index in [-0.39, 0.29) is 12.0 Å². The Hall–Kier alpha value is -2.80. The van der Waals surface area contributed by atoms with Crippen LogP contribution in [0.25, 0.3) is 10.8 Å². The molecule has 2 fully saturated rings. The zero-order valence-electron chi connectivity index (χ0n) is 16.3. The molecule has 3 heterocycles. The molecular weight excluding hydrogens is 368 g/mol. The lowest BCUT2D eigenvalue weighted by molar-refractivity contribution is 0.00239. The fraction of sp³-hybridized carbons (Fsp3) is 0.455. The van der Waals surface area contributed by atoms with Gasteiger partial charge >= 0.3 is 0 Å². The van der Waals surface area contributed by atoms with Gasteiger partial charge in [0, 0.05) is 37.0 Å². The fourth-order valence-corrected chi connectivity index (χ4v) is 3.88. The summed E-state index contributed by atoms with van der Waals surface area (Å²) < 4.78 is 11.3. The van der Waals surface area contributed by atoms with Crippen molar-refractivity contribution < 1.29 is 14.1 Å². The summed E-state index contributed by atoms with van der Waals surface area (Å²) in [6, 6.07) is 9.80. The Morgan fingerprint density at radius 3 is 3.00 bits per heavy atom. The van der Waals surface area contributed by atoms with Gasteiger partial charge in [-0.3, -0.25) is 9.78 Å². The lowest BCUT2D eigenvalue weighted by atomic mass is 10.1. The van der Waals surface area contributed by atoms with Crippen LogP contribution in [-0.4, -0.2) is 51.7 Å².